The smallest absolute Gasteiger partial charge is 0.339 e. The molecule has 0 aliphatic carbocycles. The van der Waals surface area contributed by atoms with Gasteiger partial charge in [0.1, 0.15) is 0 Å². The average molecular weight is 376 g/mol. The molecule has 144 valence electrons. The number of hydrogen-bond donors (Lipinski definition) is 0. The second-order valence-corrected chi connectivity index (χ2v) is 6.71. The quantitative estimate of drug-likeness (QED) is 0.623. The number of hydrogen-bond acceptors (Lipinski definition) is 4. The zero-order valence-electron chi connectivity index (χ0n) is 16.6. The Morgan fingerprint density at radius 2 is 1.71 bits per heavy atom. The standard InChI is InChI=1S/C23H24N2O3/c1-5-19-15(2)21(18-13-9-10-14-20(18)24-19)23(27)28-16(3)22(26)25(4)17-11-7-6-8-12-17/h6-14,16H,5H2,1-4H3/t16-/m1/s1. The molecule has 0 bridgehead atoms. The molecule has 3 aromatic rings. The van der Waals surface area contributed by atoms with E-state index in [1.807, 2.05) is 68.4 Å². The van der Waals surface area contributed by atoms with Crippen LogP contribution >= 0.6 is 0 Å². The van der Waals surface area contributed by atoms with Gasteiger partial charge in [0.05, 0.1) is 11.1 Å². The number of rotatable bonds is 5. The highest BCUT2D eigenvalue weighted by molar-refractivity contribution is 6.06. The molecule has 0 saturated carbocycles. The first-order valence-corrected chi connectivity index (χ1v) is 9.35. The Bertz CT molecular complexity index is 1020. The summed E-state index contributed by atoms with van der Waals surface area (Å²) in [5.41, 5.74) is 3.62. The van der Waals surface area contributed by atoms with E-state index in [0.29, 0.717) is 12.0 Å². The lowest BCUT2D eigenvalue weighted by molar-refractivity contribution is -0.126. The number of benzene rings is 2. The molecular weight excluding hydrogens is 352 g/mol. The summed E-state index contributed by atoms with van der Waals surface area (Å²) in [7, 11) is 1.67. The molecule has 0 spiro atoms. The second kappa shape index (κ2) is 8.21. The van der Waals surface area contributed by atoms with Crippen LogP contribution in [0.2, 0.25) is 0 Å². The first-order chi connectivity index (χ1) is 13.4. The van der Waals surface area contributed by atoms with Crippen molar-refractivity contribution in [1.29, 1.82) is 0 Å². The van der Waals surface area contributed by atoms with Crippen LogP contribution in [-0.2, 0) is 16.0 Å². The van der Waals surface area contributed by atoms with Crippen LogP contribution in [0.3, 0.4) is 0 Å². The van der Waals surface area contributed by atoms with Gasteiger partial charge in [-0.15, -0.1) is 0 Å². The van der Waals surface area contributed by atoms with Crippen LogP contribution in [0.4, 0.5) is 5.69 Å². The van der Waals surface area contributed by atoms with Gasteiger partial charge in [-0.2, -0.15) is 0 Å². The zero-order valence-corrected chi connectivity index (χ0v) is 16.6. The van der Waals surface area contributed by atoms with Gasteiger partial charge in [0, 0.05) is 23.8 Å². The van der Waals surface area contributed by atoms with Gasteiger partial charge < -0.3 is 9.64 Å². The van der Waals surface area contributed by atoms with Gasteiger partial charge in [-0.05, 0) is 44.0 Å². The minimum atomic E-state index is -0.908. The predicted octanol–water partition coefficient (Wildman–Crippen LogP) is 4.31. The van der Waals surface area contributed by atoms with E-state index in [0.717, 1.165) is 27.8 Å². The molecule has 5 heteroatoms. The molecule has 0 N–H and O–H groups in total. The number of pyridine rings is 1. The van der Waals surface area contributed by atoms with Crippen LogP contribution in [0, 0.1) is 6.92 Å². The van der Waals surface area contributed by atoms with E-state index < -0.39 is 12.1 Å². The van der Waals surface area contributed by atoms with E-state index in [1.165, 1.54) is 4.90 Å². The number of amides is 1. The van der Waals surface area contributed by atoms with Crippen molar-refractivity contribution in [2.45, 2.75) is 33.3 Å². The highest BCUT2D eigenvalue weighted by Gasteiger charge is 2.25. The molecule has 0 saturated heterocycles. The number of para-hydroxylation sites is 2. The third-order valence-electron chi connectivity index (χ3n) is 4.88. The minimum absolute atomic E-state index is 0.286. The lowest BCUT2D eigenvalue weighted by Gasteiger charge is -2.22. The molecule has 1 heterocycles. The number of anilines is 1. The van der Waals surface area contributed by atoms with Crippen LogP contribution in [-0.4, -0.2) is 30.0 Å². The Morgan fingerprint density at radius 3 is 2.39 bits per heavy atom. The maximum absolute atomic E-state index is 13.0. The largest absolute Gasteiger partial charge is 0.449 e. The summed E-state index contributed by atoms with van der Waals surface area (Å²) in [4.78, 5) is 31.8. The Balaban J connectivity index is 1.88. The van der Waals surface area contributed by atoms with Gasteiger partial charge >= 0.3 is 5.97 Å². The molecule has 0 aliphatic heterocycles. The third-order valence-corrected chi connectivity index (χ3v) is 4.88. The summed E-state index contributed by atoms with van der Waals surface area (Å²) in [5, 5.41) is 0.735. The lowest BCUT2D eigenvalue weighted by atomic mass is 10.0. The molecule has 0 aliphatic rings. The fourth-order valence-corrected chi connectivity index (χ4v) is 3.29. The van der Waals surface area contributed by atoms with Crippen molar-refractivity contribution in [2.24, 2.45) is 0 Å². The fourth-order valence-electron chi connectivity index (χ4n) is 3.29. The second-order valence-electron chi connectivity index (χ2n) is 6.71. The Kier molecular flexibility index (Phi) is 5.73. The maximum Gasteiger partial charge on any atom is 0.339 e. The average Bonchev–Trinajstić information content (AvgIpc) is 2.72. The van der Waals surface area contributed by atoms with Gasteiger partial charge in [-0.3, -0.25) is 9.78 Å². The predicted molar refractivity (Wildman–Crippen MR) is 111 cm³/mol. The monoisotopic (exact) mass is 376 g/mol. The summed E-state index contributed by atoms with van der Waals surface area (Å²) >= 11 is 0. The van der Waals surface area contributed by atoms with Gasteiger partial charge in [-0.1, -0.05) is 43.3 Å². The number of esters is 1. The summed E-state index contributed by atoms with van der Waals surface area (Å²) in [5.74, 6) is -0.792. The Hall–Kier alpha value is -3.21. The highest BCUT2D eigenvalue weighted by Crippen LogP contribution is 2.25. The first-order valence-electron chi connectivity index (χ1n) is 9.35. The van der Waals surface area contributed by atoms with E-state index >= 15 is 0 Å². The highest BCUT2D eigenvalue weighted by atomic mass is 16.5. The fraction of sp³-hybridized carbons (Fsp3) is 0.261. The van der Waals surface area contributed by atoms with Crippen molar-refractivity contribution in [3.63, 3.8) is 0 Å². The van der Waals surface area contributed by atoms with Crippen molar-refractivity contribution in [2.75, 3.05) is 11.9 Å². The third kappa shape index (κ3) is 3.74. The van der Waals surface area contributed by atoms with Crippen molar-refractivity contribution in [1.82, 2.24) is 4.98 Å². The summed E-state index contributed by atoms with van der Waals surface area (Å²) in [6.07, 6.45) is -0.198. The topological polar surface area (TPSA) is 59.5 Å². The Labute approximate surface area is 165 Å². The van der Waals surface area contributed by atoms with Crippen molar-refractivity contribution in [3.05, 3.63) is 71.4 Å². The van der Waals surface area contributed by atoms with Crippen molar-refractivity contribution >= 4 is 28.5 Å². The number of aryl methyl sites for hydroxylation is 1. The van der Waals surface area contributed by atoms with E-state index in [9.17, 15) is 9.59 Å². The first kappa shape index (κ1) is 19.5. The molecule has 5 nitrogen and oxygen atoms in total. The van der Waals surface area contributed by atoms with Crippen molar-refractivity contribution in [3.8, 4) is 0 Å². The molecule has 2 aromatic carbocycles. The molecule has 3 rings (SSSR count). The van der Waals surface area contributed by atoms with Crippen LogP contribution in [0.25, 0.3) is 10.9 Å². The van der Waals surface area contributed by atoms with E-state index in [1.54, 1.807) is 14.0 Å². The summed E-state index contributed by atoms with van der Waals surface area (Å²) in [6, 6.07) is 16.7. The number of carbonyl (C=O) groups is 2. The molecule has 1 amide bonds. The molecule has 0 fully saturated rings. The van der Waals surface area contributed by atoms with Crippen LogP contribution in [0.15, 0.2) is 54.6 Å². The van der Waals surface area contributed by atoms with Gasteiger partial charge in [0.15, 0.2) is 6.10 Å². The minimum Gasteiger partial charge on any atom is -0.449 e. The maximum atomic E-state index is 13.0. The molecular formula is C23H24N2O3. The van der Waals surface area contributed by atoms with Crippen LogP contribution in [0.1, 0.15) is 35.5 Å². The number of likely N-dealkylation sites (N-methyl/N-ethyl adjacent to an activating group) is 1. The molecule has 1 atom stereocenters. The van der Waals surface area contributed by atoms with Gasteiger partial charge in [0.2, 0.25) is 0 Å². The zero-order chi connectivity index (χ0) is 20.3. The molecule has 28 heavy (non-hydrogen) atoms. The van der Waals surface area contributed by atoms with Crippen molar-refractivity contribution < 1.29 is 14.3 Å². The number of ether oxygens (including phenoxy) is 1. The van der Waals surface area contributed by atoms with Crippen LogP contribution in [0.5, 0.6) is 0 Å². The lowest BCUT2D eigenvalue weighted by Crippen LogP contribution is -2.37. The number of carbonyl (C=O) groups excluding carboxylic acids is 2. The summed E-state index contributed by atoms with van der Waals surface area (Å²) in [6.45, 7) is 5.47. The number of aromatic nitrogens is 1. The Morgan fingerprint density at radius 1 is 1.07 bits per heavy atom. The van der Waals surface area contributed by atoms with E-state index in [-0.39, 0.29) is 5.91 Å². The van der Waals surface area contributed by atoms with E-state index in [2.05, 4.69) is 4.98 Å². The van der Waals surface area contributed by atoms with E-state index in [4.69, 9.17) is 4.74 Å². The SMILES string of the molecule is CCc1nc2ccccc2c(C(=O)O[C@H](C)C(=O)N(C)c2ccccc2)c1C. The van der Waals surface area contributed by atoms with Gasteiger partial charge in [-0.25, -0.2) is 4.79 Å². The molecule has 1 aromatic heterocycles. The normalized spacial score (nSPS) is 11.9. The molecule has 0 unspecified atom stereocenters. The van der Waals surface area contributed by atoms with Gasteiger partial charge in [0.25, 0.3) is 5.91 Å². The molecule has 0 radical (unpaired) electrons. The summed E-state index contributed by atoms with van der Waals surface area (Å²) < 4.78 is 5.57. The number of fused-ring (bicyclic) bond motifs is 1. The van der Waals surface area contributed by atoms with Crippen LogP contribution < -0.4 is 4.90 Å². The number of nitrogens with zero attached hydrogens (tertiary/aromatic N) is 2.